The van der Waals surface area contributed by atoms with Crippen LogP contribution >= 0.6 is 12.2 Å². The molecule has 0 aliphatic heterocycles. The van der Waals surface area contributed by atoms with Crippen molar-refractivity contribution in [3.05, 3.63) is 34.1 Å². The van der Waals surface area contributed by atoms with Crippen LogP contribution in [0.25, 0.3) is 11.4 Å². The summed E-state index contributed by atoms with van der Waals surface area (Å²) in [7, 11) is 1.54. The monoisotopic (exact) mass is 247 g/mol. The van der Waals surface area contributed by atoms with E-state index in [2.05, 4.69) is 33.2 Å². The summed E-state index contributed by atoms with van der Waals surface area (Å²) < 4.78 is 5.33. The van der Waals surface area contributed by atoms with Crippen molar-refractivity contribution in [1.29, 1.82) is 0 Å². The van der Waals surface area contributed by atoms with E-state index in [0.29, 0.717) is 11.8 Å². The van der Waals surface area contributed by atoms with E-state index in [4.69, 9.17) is 17.0 Å². The van der Waals surface area contributed by atoms with Gasteiger partial charge in [-0.1, -0.05) is 17.7 Å². The zero-order valence-corrected chi connectivity index (χ0v) is 10.8. The Morgan fingerprint density at radius 3 is 2.71 bits per heavy atom. The van der Waals surface area contributed by atoms with Crippen molar-refractivity contribution in [2.75, 3.05) is 7.11 Å². The zero-order chi connectivity index (χ0) is 12.4. The molecule has 5 heteroatoms. The standard InChI is InChI=1S/C12H13N3OS/c1-7-4-5-8(2)9(6-7)10-13-11(16-3)15-12(17)14-10/h4-6H,1-3H3,(H,13,14,15,17). The summed E-state index contributed by atoms with van der Waals surface area (Å²) >= 11 is 5.01. The Kier molecular flexibility index (Phi) is 3.19. The molecule has 4 nitrogen and oxygen atoms in total. The van der Waals surface area contributed by atoms with E-state index in [0.717, 1.165) is 11.1 Å². The largest absolute Gasteiger partial charge is 0.468 e. The molecule has 17 heavy (non-hydrogen) atoms. The second-order valence-electron chi connectivity index (χ2n) is 3.81. The summed E-state index contributed by atoms with van der Waals surface area (Å²) in [5, 5.41) is 0. The highest BCUT2D eigenvalue weighted by atomic mass is 32.1. The minimum absolute atomic E-state index is 0.275. The number of rotatable bonds is 2. The van der Waals surface area contributed by atoms with Gasteiger partial charge in [-0.15, -0.1) is 0 Å². The van der Waals surface area contributed by atoms with E-state index in [1.165, 1.54) is 5.56 Å². The van der Waals surface area contributed by atoms with Gasteiger partial charge in [0.05, 0.1) is 7.11 Å². The van der Waals surface area contributed by atoms with Crippen molar-refractivity contribution in [2.24, 2.45) is 0 Å². The third-order valence-corrected chi connectivity index (χ3v) is 2.65. The molecule has 0 saturated carbocycles. The smallest absolute Gasteiger partial charge is 0.297 e. The van der Waals surface area contributed by atoms with Gasteiger partial charge in [-0.25, -0.2) is 4.98 Å². The Balaban J connectivity index is 2.63. The fourth-order valence-electron chi connectivity index (χ4n) is 1.58. The molecule has 0 radical (unpaired) electrons. The van der Waals surface area contributed by atoms with Crippen molar-refractivity contribution in [1.82, 2.24) is 15.0 Å². The lowest BCUT2D eigenvalue weighted by atomic mass is 10.1. The Morgan fingerprint density at radius 1 is 1.24 bits per heavy atom. The van der Waals surface area contributed by atoms with Gasteiger partial charge >= 0.3 is 0 Å². The van der Waals surface area contributed by atoms with Gasteiger partial charge in [-0.05, 0) is 37.7 Å². The Morgan fingerprint density at radius 2 is 2.00 bits per heavy atom. The van der Waals surface area contributed by atoms with E-state index >= 15 is 0 Å². The third-order valence-electron chi connectivity index (χ3n) is 2.47. The number of ether oxygens (including phenoxy) is 1. The van der Waals surface area contributed by atoms with Crippen molar-refractivity contribution < 1.29 is 4.74 Å². The first-order chi connectivity index (χ1) is 8.10. The van der Waals surface area contributed by atoms with Crippen molar-refractivity contribution in [3.63, 3.8) is 0 Å². The minimum atomic E-state index is 0.275. The lowest BCUT2D eigenvalue weighted by Crippen LogP contribution is -1.99. The zero-order valence-electron chi connectivity index (χ0n) is 9.94. The highest BCUT2D eigenvalue weighted by Crippen LogP contribution is 2.21. The summed E-state index contributed by atoms with van der Waals surface area (Å²) in [4.78, 5) is 11.2. The van der Waals surface area contributed by atoms with Crippen LogP contribution in [-0.2, 0) is 0 Å². The Labute approximate surface area is 105 Å². The van der Waals surface area contributed by atoms with Crippen LogP contribution in [0, 0.1) is 18.6 Å². The summed E-state index contributed by atoms with van der Waals surface area (Å²) in [6.45, 7) is 4.07. The molecular weight excluding hydrogens is 234 g/mol. The summed E-state index contributed by atoms with van der Waals surface area (Å²) in [6.07, 6.45) is 0. The molecule has 0 amide bonds. The first-order valence-electron chi connectivity index (χ1n) is 5.20. The predicted octanol–water partition coefficient (Wildman–Crippen LogP) is 2.83. The van der Waals surface area contributed by atoms with E-state index in [1.807, 2.05) is 13.8 Å². The molecule has 0 saturated heterocycles. The SMILES string of the molecule is COc1nc(=S)nc(-c2cc(C)ccc2C)[nH]1. The molecule has 0 fully saturated rings. The number of hydrogen-bond acceptors (Lipinski definition) is 4. The lowest BCUT2D eigenvalue weighted by molar-refractivity contribution is 0.378. The van der Waals surface area contributed by atoms with Crippen LogP contribution in [0.15, 0.2) is 18.2 Å². The van der Waals surface area contributed by atoms with Crippen LogP contribution in [0.5, 0.6) is 6.01 Å². The molecular formula is C12H13N3OS. The molecule has 0 atom stereocenters. The van der Waals surface area contributed by atoms with Crippen LogP contribution in [0.4, 0.5) is 0 Å². The van der Waals surface area contributed by atoms with Crippen LogP contribution in [-0.4, -0.2) is 22.1 Å². The maximum atomic E-state index is 5.05. The molecule has 0 unspecified atom stereocenters. The molecule has 0 aliphatic rings. The van der Waals surface area contributed by atoms with Crippen molar-refractivity contribution in [3.8, 4) is 17.4 Å². The minimum Gasteiger partial charge on any atom is -0.468 e. The quantitative estimate of drug-likeness (QED) is 0.829. The number of hydrogen-bond donors (Lipinski definition) is 1. The maximum absolute atomic E-state index is 5.05. The number of benzene rings is 1. The molecule has 1 heterocycles. The van der Waals surface area contributed by atoms with Crippen LogP contribution in [0.3, 0.4) is 0 Å². The topological polar surface area (TPSA) is 50.8 Å². The van der Waals surface area contributed by atoms with Crippen LogP contribution in [0.2, 0.25) is 0 Å². The Hall–Kier alpha value is -1.75. The fourth-order valence-corrected chi connectivity index (χ4v) is 1.75. The van der Waals surface area contributed by atoms with Gasteiger partial charge in [0.25, 0.3) is 6.01 Å². The number of aryl methyl sites for hydroxylation is 2. The Bertz CT molecular complexity index is 607. The van der Waals surface area contributed by atoms with Crippen molar-refractivity contribution >= 4 is 12.2 Å². The molecule has 2 aromatic rings. The fraction of sp³-hybridized carbons (Fsp3) is 0.250. The summed E-state index contributed by atoms with van der Waals surface area (Å²) in [6, 6.07) is 6.55. The van der Waals surface area contributed by atoms with Gasteiger partial charge < -0.3 is 4.74 Å². The molecule has 88 valence electrons. The normalized spacial score (nSPS) is 10.3. The van der Waals surface area contributed by atoms with Gasteiger partial charge in [-0.2, -0.15) is 4.98 Å². The predicted molar refractivity (Wildman–Crippen MR) is 68.7 cm³/mol. The van der Waals surface area contributed by atoms with E-state index in [9.17, 15) is 0 Å². The molecule has 1 aromatic heterocycles. The lowest BCUT2D eigenvalue weighted by Gasteiger charge is -2.07. The first-order valence-corrected chi connectivity index (χ1v) is 5.61. The van der Waals surface area contributed by atoms with Gasteiger partial charge in [0.15, 0.2) is 0 Å². The third kappa shape index (κ3) is 2.50. The highest BCUT2D eigenvalue weighted by Gasteiger charge is 2.06. The van der Waals surface area contributed by atoms with E-state index in [1.54, 1.807) is 7.11 Å². The number of nitrogens with one attached hydrogen (secondary N) is 1. The average Bonchev–Trinajstić information content (AvgIpc) is 2.31. The average molecular weight is 247 g/mol. The number of nitrogens with zero attached hydrogens (tertiary/aromatic N) is 2. The van der Waals surface area contributed by atoms with E-state index < -0.39 is 0 Å². The van der Waals surface area contributed by atoms with Crippen LogP contribution in [0.1, 0.15) is 11.1 Å². The second-order valence-corrected chi connectivity index (χ2v) is 4.17. The van der Waals surface area contributed by atoms with Gasteiger partial charge in [0, 0.05) is 5.56 Å². The molecule has 2 rings (SSSR count). The molecule has 0 aliphatic carbocycles. The van der Waals surface area contributed by atoms with Gasteiger partial charge in [0.2, 0.25) is 4.77 Å². The number of aromatic nitrogens is 3. The van der Waals surface area contributed by atoms with Crippen LogP contribution < -0.4 is 4.74 Å². The highest BCUT2D eigenvalue weighted by molar-refractivity contribution is 7.71. The molecule has 0 bridgehead atoms. The van der Waals surface area contributed by atoms with E-state index in [-0.39, 0.29) is 4.77 Å². The van der Waals surface area contributed by atoms with Crippen molar-refractivity contribution in [2.45, 2.75) is 13.8 Å². The second kappa shape index (κ2) is 4.63. The molecule has 1 aromatic carbocycles. The summed E-state index contributed by atoms with van der Waals surface area (Å²) in [5.74, 6) is 0.683. The molecule has 0 spiro atoms. The first kappa shape index (κ1) is 11.7. The molecule has 1 N–H and O–H groups in total. The maximum Gasteiger partial charge on any atom is 0.297 e. The summed E-state index contributed by atoms with van der Waals surface area (Å²) in [5.41, 5.74) is 3.31. The van der Waals surface area contributed by atoms with Gasteiger partial charge in [0.1, 0.15) is 5.82 Å². The number of methoxy groups -OCH3 is 1. The number of aromatic amines is 1. The number of H-pyrrole nitrogens is 1. The van der Waals surface area contributed by atoms with Gasteiger partial charge in [-0.3, -0.25) is 4.98 Å².